The summed E-state index contributed by atoms with van der Waals surface area (Å²) in [6.45, 7) is 1.31. The fraction of sp³-hybridized carbons (Fsp3) is 0.353. The lowest BCUT2D eigenvalue weighted by Gasteiger charge is -2.36. The molecule has 28 heavy (non-hydrogen) atoms. The number of aryl methyl sites for hydroxylation is 1. The van der Waals surface area contributed by atoms with Crippen LogP contribution in [0.1, 0.15) is 11.4 Å². The monoisotopic (exact) mass is 405 g/mol. The Labute approximate surface area is 162 Å². The summed E-state index contributed by atoms with van der Waals surface area (Å²) in [6.07, 6.45) is 3.27. The Kier molecular flexibility index (Phi) is 4.63. The molecule has 4 rings (SSSR count). The maximum Gasteiger partial charge on any atom is 0.323 e. The summed E-state index contributed by atoms with van der Waals surface area (Å²) in [5.74, 6) is -2.84. The molecule has 0 spiro atoms. The number of halogens is 2. The normalized spacial score (nSPS) is 19.0. The third kappa shape index (κ3) is 3.62. The molecule has 1 saturated heterocycles. The van der Waals surface area contributed by atoms with Gasteiger partial charge in [-0.25, -0.2) is 18.6 Å². The molecule has 0 saturated carbocycles. The number of alkyl halides is 2. The molecule has 146 valence electrons. The quantitative estimate of drug-likeness (QED) is 0.678. The predicted molar refractivity (Wildman–Crippen MR) is 101 cm³/mol. The van der Waals surface area contributed by atoms with Crippen molar-refractivity contribution in [1.82, 2.24) is 25.1 Å². The van der Waals surface area contributed by atoms with Crippen molar-refractivity contribution in [2.24, 2.45) is 5.73 Å². The second-order valence-corrected chi connectivity index (χ2v) is 7.80. The minimum atomic E-state index is -3.10. The van der Waals surface area contributed by atoms with Crippen molar-refractivity contribution in [2.75, 3.05) is 18.4 Å². The first-order valence-corrected chi connectivity index (χ1v) is 9.39. The second-order valence-electron chi connectivity index (χ2n) is 6.62. The Morgan fingerprint density at radius 2 is 2.07 bits per heavy atom. The Hall–Kier alpha value is -2.79. The first-order valence-electron chi connectivity index (χ1n) is 8.57. The van der Waals surface area contributed by atoms with Crippen LogP contribution in [0.25, 0.3) is 21.5 Å². The summed E-state index contributed by atoms with van der Waals surface area (Å²) in [6, 6.07) is 1.62. The number of hydrogen-bond donors (Lipinski definition) is 2. The SMILES string of the molecule is Cc1nnc(-c2cc3cc(NC(=O)N4CCC(N)C(F)(F)C4)ncc3cn2)s1. The average molecular weight is 405 g/mol. The van der Waals surface area contributed by atoms with Crippen molar-refractivity contribution in [3.05, 3.63) is 29.5 Å². The lowest BCUT2D eigenvalue weighted by atomic mass is 10.0. The number of aromatic nitrogens is 4. The van der Waals surface area contributed by atoms with Crippen molar-refractivity contribution in [2.45, 2.75) is 25.3 Å². The first kappa shape index (κ1) is 18.6. The molecule has 11 heteroatoms. The molecular weight excluding hydrogens is 388 g/mol. The molecule has 2 amide bonds. The van der Waals surface area contributed by atoms with Crippen molar-refractivity contribution in [3.8, 4) is 10.7 Å². The maximum atomic E-state index is 13.8. The van der Waals surface area contributed by atoms with E-state index in [1.807, 2.05) is 13.0 Å². The van der Waals surface area contributed by atoms with Crippen LogP contribution in [0.4, 0.5) is 19.4 Å². The highest BCUT2D eigenvalue weighted by Gasteiger charge is 2.43. The Morgan fingerprint density at radius 3 is 2.79 bits per heavy atom. The highest BCUT2D eigenvalue weighted by Crippen LogP contribution is 2.27. The predicted octanol–water partition coefficient (Wildman–Crippen LogP) is 2.66. The number of hydrogen-bond acceptors (Lipinski definition) is 7. The fourth-order valence-corrected chi connectivity index (χ4v) is 3.60. The van der Waals surface area contributed by atoms with E-state index < -0.39 is 24.5 Å². The molecule has 0 aliphatic carbocycles. The van der Waals surface area contributed by atoms with Crippen LogP contribution in [0, 0.1) is 6.92 Å². The number of anilines is 1. The third-order valence-corrected chi connectivity index (χ3v) is 5.39. The zero-order chi connectivity index (χ0) is 19.9. The van der Waals surface area contributed by atoms with Crippen molar-refractivity contribution in [1.29, 1.82) is 0 Å². The molecule has 1 aliphatic rings. The molecule has 0 aromatic carbocycles. The van der Waals surface area contributed by atoms with Crippen LogP contribution in [-0.2, 0) is 0 Å². The molecule has 1 unspecified atom stereocenters. The Bertz CT molecular complexity index is 1040. The number of carbonyl (C=O) groups excluding carboxylic acids is 1. The van der Waals surface area contributed by atoms with E-state index in [9.17, 15) is 13.6 Å². The standard InChI is InChI=1S/C17H17F2N7OS/c1-9-24-25-15(28-9)12-4-10-5-14(22-7-11(10)6-21-12)23-16(27)26-3-2-13(20)17(18,19)8-26/h4-7,13H,2-3,8,20H2,1H3,(H,22,23,27). The summed E-state index contributed by atoms with van der Waals surface area (Å²) in [5, 5.41) is 13.7. The molecule has 0 bridgehead atoms. The van der Waals surface area contributed by atoms with Crippen LogP contribution in [0.5, 0.6) is 0 Å². The van der Waals surface area contributed by atoms with Crippen molar-refractivity contribution >= 4 is 34.0 Å². The van der Waals surface area contributed by atoms with Crippen LogP contribution in [0.15, 0.2) is 24.5 Å². The average Bonchev–Trinajstić information content (AvgIpc) is 3.09. The van der Waals surface area contributed by atoms with Gasteiger partial charge >= 0.3 is 6.03 Å². The minimum Gasteiger partial charge on any atom is -0.323 e. The molecule has 0 radical (unpaired) electrons. The van der Waals surface area contributed by atoms with Crippen LogP contribution in [-0.4, -0.2) is 56.2 Å². The highest BCUT2D eigenvalue weighted by atomic mass is 32.1. The van der Waals surface area contributed by atoms with E-state index in [2.05, 4.69) is 25.5 Å². The number of urea groups is 1. The maximum absolute atomic E-state index is 13.8. The molecule has 1 atom stereocenters. The molecule has 3 aromatic rings. The van der Waals surface area contributed by atoms with E-state index >= 15 is 0 Å². The topological polar surface area (TPSA) is 110 Å². The van der Waals surface area contributed by atoms with Gasteiger partial charge in [0, 0.05) is 24.3 Å². The van der Waals surface area contributed by atoms with Crippen molar-refractivity contribution in [3.63, 3.8) is 0 Å². The van der Waals surface area contributed by atoms with Gasteiger partial charge in [0.15, 0.2) is 5.01 Å². The van der Waals surface area contributed by atoms with Gasteiger partial charge < -0.3 is 10.6 Å². The lowest BCUT2D eigenvalue weighted by molar-refractivity contribution is -0.0674. The second kappa shape index (κ2) is 6.99. The van der Waals surface area contributed by atoms with Crippen LogP contribution in [0.2, 0.25) is 0 Å². The number of likely N-dealkylation sites (tertiary alicyclic amines) is 1. The fourth-order valence-electron chi connectivity index (χ4n) is 2.94. The Balaban J connectivity index is 1.55. The third-order valence-electron chi connectivity index (χ3n) is 4.52. The van der Waals surface area contributed by atoms with E-state index in [-0.39, 0.29) is 18.8 Å². The highest BCUT2D eigenvalue weighted by molar-refractivity contribution is 7.14. The van der Waals surface area contributed by atoms with Crippen molar-refractivity contribution < 1.29 is 13.6 Å². The van der Waals surface area contributed by atoms with Gasteiger partial charge in [0.1, 0.15) is 16.5 Å². The number of nitrogens with two attached hydrogens (primary N) is 1. The summed E-state index contributed by atoms with van der Waals surface area (Å²) in [7, 11) is 0. The largest absolute Gasteiger partial charge is 0.323 e. The van der Waals surface area contributed by atoms with E-state index in [1.54, 1.807) is 18.5 Å². The van der Waals surface area contributed by atoms with E-state index in [0.717, 1.165) is 20.7 Å². The van der Waals surface area contributed by atoms with Gasteiger partial charge in [-0.15, -0.1) is 10.2 Å². The smallest absolute Gasteiger partial charge is 0.323 e. The van der Waals surface area contributed by atoms with E-state index in [0.29, 0.717) is 10.7 Å². The minimum absolute atomic E-state index is 0.0435. The molecule has 8 nitrogen and oxygen atoms in total. The van der Waals surface area contributed by atoms with Gasteiger partial charge in [0.2, 0.25) is 0 Å². The van der Waals surface area contributed by atoms with Gasteiger partial charge in [-0.1, -0.05) is 11.3 Å². The lowest BCUT2D eigenvalue weighted by Crippen LogP contribution is -2.57. The van der Waals surface area contributed by atoms with Gasteiger partial charge in [-0.05, 0) is 30.9 Å². The van der Waals surface area contributed by atoms with Crippen LogP contribution >= 0.6 is 11.3 Å². The van der Waals surface area contributed by atoms with Crippen LogP contribution in [0.3, 0.4) is 0 Å². The van der Waals surface area contributed by atoms with E-state index in [1.165, 1.54) is 11.3 Å². The number of pyridine rings is 2. The molecule has 1 fully saturated rings. The summed E-state index contributed by atoms with van der Waals surface area (Å²) < 4.78 is 27.6. The van der Waals surface area contributed by atoms with E-state index in [4.69, 9.17) is 5.73 Å². The molecule has 1 aliphatic heterocycles. The molecule has 3 N–H and O–H groups in total. The van der Waals surface area contributed by atoms with Gasteiger partial charge in [-0.2, -0.15) is 0 Å². The van der Waals surface area contributed by atoms with Crippen LogP contribution < -0.4 is 11.1 Å². The molecule has 3 aromatic heterocycles. The Morgan fingerprint density at radius 1 is 1.29 bits per heavy atom. The zero-order valence-electron chi connectivity index (χ0n) is 14.9. The van der Waals surface area contributed by atoms with Gasteiger partial charge in [0.25, 0.3) is 5.92 Å². The number of amides is 2. The summed E-state index contributed by atoms with van der Waals surface area (Å²) in [4.78, 5) is 21.9. The number of nitrogens with one attached hydrogen (secondary N) is 1. The first-order chi connectivity index (χ1) is 13.3. The number of rotatable bonds is 2. The number of fused-ring (bicyclic) bond motifs is 1. The van der Waals surface area contributed by atoms with Gasteiger partial charge in [-0.3, -0.25) is 10.3 Å². The molecule has 4 heterocycles. The summed E-state index contributed by atoms with van der Waals surface area (Å²) >= 11 is 1.42. The number of piperidine rings is 1. The summed E-state index contributed by atoms with van der Waals surface area (Å²) in [5.41, 5.74) is 6.08. The zero-order valence-corrected chi connectivity index (χ0v) is 15.7. The van der Waals surface area contributed by atoms with Gasteiger partial charge in [0.05, 0.1) is 12.6 Å². The molecular formula is C17H17F2N7OS. The number of nitrogens with zero attached hydrogens (tertiary/aromatic N) is 5. The number of carbonyl (C=O) groups is 1.